The maximum Gasteiger partial charge on any atom is 0.246 e. The van der Waals surface area contributed by atoms with Crippen molar-refractivity contribution in [2.75, 3.05) is 12.3 Å². The lowest BCUT2D eigenvalue weighted by molar-refractivity contribution is -0.144. The van der Waals surface area contributed by atoms with Crippen LogP contribution in [0.1, 0.15) is 76.2 Å². The number of aliphatic hydroxyl groups excluding tert-OH is 1. The molecule has 300 valence electrons. The van der Waals surface area contributed by atoms with Crippen molar-refractivity contribution in [3.05, 3.63) is 101 Å². The summed E-state index contributed by atoms with van der Waals surface area (Å²) in [6, 6.07) is 22.0. The molecule has 0 spiro atoms. The fourth-order valence-corrected chi connectivity index (χ4v) is 7.75. The number of hydrogen-bond acceptors (Lipinski definition) is 10. The van der Waals surface area contributed by atoms with Crippen molar-refractivity contribution in [2.45, 2.75) is 84.5 Å². The molecule has 0 bridgehead atoms. The van der Waals surface area contributed by atoms with Crippen LogP contribution >= 0.6 is 11.3 Å². The van der Waals surface area contributed by atoms with Crippen LogP contribution in [0.2, 0.25) is 0 Å². The van der Waals surface area contributed by atoms with Crippen molar-refractivity contribution in [1.82, 2.24) is 30.7 Å². The van der Waals surface area contributed by atoms with Crippen molar-refractivity contribution in [3.63, 3.8) is 0 Å². The SMILES string of the molecule is Cc1ncsc1-c1ccc(C(C)NC(=O)[C@@H]2C[C@@H](O)CN2C(=O)C(NC(=O)CCCC#Cc2ccc(-c3cc(-c4ccccc4O)nnc3N)cc2)C(C)(C)C)cc1. The fraction of sp³-hybridized carbons (Fsp3) is 0.333. The maximum absolute atomic E-state index is 14.1. The number of nitrogens with two attached hydrogens (primary N) is 1. The molecule has 1 aliphatic heterocycles. The Bertz CT molecular complexity index is 2330. The number of nitrogen functional groups attached to an aromatic ring is 1. The van der Waals surface area contributed by atoms with Crippen molar-refractivity contribution in [2.24, 2.45) is 5.41 Å². The van der Waals surface area contributed by atoms with E-state index in [0.717, 1.165) is 32.8 Å². The number of aromatic nitrogens is 3. The summed E-state index contributed by atoms with van der Waals surface area (Å²) in [5, 5.41) is 35.1. The molecule has 5 aromatic rings. The maximum atomic E-state index is 14.1. The third kappa shape index (κ3) is 9.88. The average Bonchev–Trinajstić information content (AvgIpc) is 3.82. The molecule has 58 heavy (non-hydrogen) atoms. The van der Waals surface area contributed by atoms with E-state index in [1.807, 2.05) is 94.7 Å². The molecule has 2 unspecified atom stereocenters. The second-order valence-electron chi connectivity index (χ2n) is 15.7. The van der Waals surface area contributed by atoms with Gasteiger partial charge in [-0.05, 0) is 72.7 Å². The lowest BCUT2D eigenvalue weighted by Gasteiger charge is -2.35. The average molecular weight is 800 g/mol. The largest absolute Gasteiger partial charge is 0.507 e. The van der Waals surface area contributed by atoms with E-state index >= 15 is 0 Å². The third-order valence-corrected chi connectivity index (χ3v) is 11.2. The molecule has 6 N–H and O–H groups in total. The summed E-state index contributed by atoms with van der Waals surface area (Å²) in [4.78, 5) is 47.7. The zero-order valence-corrected chi connectivity index (χ0v) is 34.1. The van der Waals surface area contributed by atoms with Crippen LogP contribution in [0.25, 0.3) is 32.8 Å². The quantitative estimate of drug-likeness (QED) is 0.0743. The molecule has 13 heteroatoms. The van der Waals surface area contributed by atoms with E-state index in [1.54, 1.807) is 35.6 Å². The Morgan fingerprint density at radius 1 is 0.983 bits per heavy atom. The topological polar surface area (TPSA) is 184 Å². The number of rotatable bonds is 11. The normalized spacial score (nSPS) is 16.2. The molecule has 4 atom stereocenters. The molecule has 6 rings (SSSR count). The van der Waals surface area contributed by atoms with Gasteiger partial charge >= 0.3 is 0 Å². The first-order valence-corrected chi connectivity index (χ1v) is 20.2. The van der Waals surface area contributed by atoms with E-state index in [2.05, 4.69) is 37.7 Å². The van der Waals surface area contributed by atoms with Crippen LogP contribution in [0.4, 0.5) is 5.82 Å². The summed E-state index contributed by atoms with van der Waals surface area (Å²) in [6.07, 6.45) is 0.340. The number of phenolic OH excluding ortho intramolecular Hbond substituents is 1. The Labute approximate surface area is 342 Å². The van der Waals surface area contributed by atoms with Gasteiger partial charge in [0.2, 0.25) is 17.7 Å². The van der Waals surface area contributed by atoms with E-state index in [1.165, 1.54) is 4.90 Å². The van der Waals surface area contributed by atoms with E-state index in [-0.39, 0.29) is 48.8 Å². The summed E-state index contributed by atoms with van der Waals surface area (Å²) in [5.74, 6) is 5.56. The van der Waals surface area contributed by atoms with E-state index in [4.69, 9.17) is 5.73 Å². The number of nitrogens with one attached hydrogen (secondary N) is 2. The minimum atomic E-state index is -0.913. The number of aryl methyl sites for hydroxylation is 1. The van der Waals surface area contributed by atoms with Gasteiger partial charge in [-0.2, -0.15) is 0 Å². The van der Waals surface area contributed by atoms with Crippen LogP contribution in [0, 0.1) is 24.2 Å². The summed E-state index contributed by atoms with van der Waals surface area (Å²) >= 11 is 1.58. The number of aliphatic hydroxyl groups is 1. The van der Waals surface area contributed by atoms with Gasteiger partial charge in [0.25, 0.3) is 0 Å². The molecule has 2 aromatic heterocycles. The fourth-order valence-electron chi connectivity index (χ4n) is 6.94. The summed E-state index contributed by atoms with van der Waals surface area (Å²) in [7, 11) is 0. The monoisotopic (exact) mass is 799 g/mol. The number of hydrogen-bond donors (Lipinski definition) is 5. The summed E-state index contributed by atoms with van der Waals surface area (Å²) in [6.45, 7) is 9.44. The van der Waals surface area contributed by atoms with Gasteiger partial charge < -0.3 is 31.5 Å². The summed E-state index contributed by atoms with van der Waals surface area (Å²) < 4.78 is 0. The van der Waals surface area contributed by atoms with E-state index in [0.29, 0.717) is 29.7 Å². The zero-order chi connectivity index (χ0) is 41.6. The smallest absolute Gasteiger partial charge is 0.246 e. The number of phenols is 1. The molecular formula is C45H49N7O5S. The van der Waals surface area contributed by atoms with Gasteiger partial charge in [0.15, 0.2) is 5.82 Å². The molecule has 1 aliphatic rings. The van der Waals surface area contributed by atoms with Gasteiger partial charge in [0.1, 0.15) is 17.8 Å². The first-order chi connectivity index (χ1) is 27.7. The van der Waals surface area contributed by atoms with Crippen LogP contribution in [0.5, 0.6) is 5.75 Å². The Hall–Kier alpha value is -6.10. The molecule has 12 nitrogen and oxygen atoms in total. The van der Waals surface area contributed by atoms with Crippen molar-refractivity contribution < 1.29 is 24.6 Å². The first-order valence-electron chi connectivity index (χ1n) is 19.3. The van der Waals surface area contributed by atoms with Gasteiger partial charge in [-0.25, -0.2) is 4.98 Å². The zero-order valence-electron chi connectivity index (χ0n) is 33.3. The molecule has 0 radical (unpaired) electrons. The Balaban J connectivity index is 1.02. The Kier molecular flexibility index (Phi) is 12.9. The highest BCUT2D eigenvalue weighted by Gasteiger charge is 2.44. The van der Waals surface area contributed by atoms with Crippen molar-refractivity contribution in [1.29, 1.82) is 0 Å². The lowest BCUT2D eigenvalue weighted by atomic mass is 9.85. The molecule has 0 saturated carbocycles. The first kappa shape index (κ1) is 41.5. The highest BCUT2D eigenvalue weighted by molar-refractivity contribution is 7.13. The standard InChI is InChI=1S/C45H49N7O5S/c1-27(30-19-21-32(22-20-30)40-28(2)47-26-58-40)48-43(56)37-23-33(53)25-52(37)44(57)41(45(3,4)5)49-39(55)14-8-6-7-11-29-15-17-31(18-16-29)35-24-36(50-51-42(35)46)34-12-9-10-13-38(34)54/h9-10,12-13,15-22,24,26-27,33,37,41,53-54H,6,8,14,23,25H2,1-5H3,(H2,46,51)(H,48,56)(H,49,55)/t27?,33-,37+,41?/m1/s1. The molecule has 1 saturated heterocycles. The second kappa shape index (κ2) is 18.0. The number of benzene rings is 3. The molecule has 3 aromatic carbocycles. The summed E-state index contributed by atoms with van der Waals surface area (Å²) in [5.41, 5.74) is 13.6. The van der Waals surface area contributed by atoms with Crippen LogP contribution in [0.15, 0.2) is 84.4 Å². The molecule has 0 aliphatic carbocycles. The highest BCUT2D eigenvalue weighted by Crippen LogP contribution is 2.33. The number of nitrogens with zero attached hydrogens (tertiary/aromatic N) is 4. The van der Waals surface area contributed by atoms with E-state index < -0.39 is 29.5 Å². The minimum Gasteiger partial charge on any atom is -0.507 e. The second-order valence-corrected chi connectivity index (χ2v) is 16.5. The van der Waals surface area contributed by atoms with Gasteiger partial charge in [0, 0.05) is 42.5 Å². The molecule has 1 fully saturated rings. The number of anilines is 1. The number of likely N-dealkylation sites (tertiary alicyclic amines) is 1. The van der Waals surface area contributed by atoms with Gasteiger partial charge in [-0.3, -0.25) is 14.4 Å². The van der Waals surface area contributed by atoms with Gasteiger partial charge in [0.05, 0.1) is 33.9 Å². The predicted molar refractivity (Wildman–Crippen MR) is 226 cm³/mol. The molecule has 3 amide bonds. The number of β-amino-alcohol motifs (C(OH)–C–C–N with tert-alkyl or cyclic N) is 1. The molecular weight excluding hydrogens is 751 g/mol. The van der Waals surface area contributed by atoms with Crippen molar-refractivity contribution in [3.8, 4) is 50.4 Å². The number of thiazole rings is 1. The number of para-hydroxylation sites is 1. The van der Waals surface area contributed by atoms with Crippen LogP contribution < -0.4 is 16.4 Å². The predicted octanol–water partition coefficient (Wildman–Crippen LogP) is 6.42. The number of amides is 3. The van der Waals surface area contributed by atoms with E-state index in [9.17, 15) is 24.6 Å². The number of carbonyl (C=O) groups excluding carboxylic acids is 3. The minimum absolute atomic E-state index is 0.000668. The molecule has 3 heterocycles. The van der Waals surface area contributed by atoms with Gasteiger partial charge in [-0.15, -0.1) is 21.5 Å². The Morgan fingerprint density at radius 3 is 2.36 bits per heavy atom. The van der Waals surface area contributed by atoms with Crippen molar-refractivity contribution >= 4 is 34.9 Å². The lowest BCUT2D eigenvalue weighted by Crippen LogP contribution is -2.57. The van der Waals surface area contributed by atoms with Crippen LogP contribution in [-0.4, -0.2) is 72.7 Å². The van der Waals surface area contributed by atoms with Crippen LogP contribution in [-0.2, 0) is 14.4 Å². The third-order valence-electron chi connectivity index (χ3n) is 10.2. The number of aromatic hydroxyl groups is 1. The van der Waals surface area contributed by atoms with Gasteiger partial charge in [-0.1, -0.05) is 81.1 Å². The highest BCUT2D eigenvalue weighted by atomic mass is 32.1. The number of carbonyl (C=O) groups is 3. The number of unbranched alkanes of at least 4 members (excludes halogenated alkanes) is 1. The Morgan fingerprint density at radius 2 is 1.69 bits per heavy atom. The van der Waals surface area contributed by atoms with Crippen LogP contribution in [0.3, 0.4) is 0 Å².